The quantitative estimate of drug-likeness (QED) is 0.419. The summed E-state index contributed by atoms with van der Waals surface area (Å²) >= 11 is 1.86. The van der Waals surface area contributed by atoms with Crippen LogP contribution in [0.1, 0.15) is 20.8 Å². The number of hydrogen-bond donors (Lipinski definition) is 1. The van der Waals surface area contributed by atoms with Gasteiger partial charge in [0.1, 0.15) is 0 Å². The van der Waals surface area contributed by atoms with Crippen molar-refractivity contribution in [3.63, 3.8) is 0 Å². The van der Waals surface area contributed by atoms with Crippen LogP contribution in [0.2, 0.25) is 0 Å². The minimum atomic E-state index is 0. The standard InChI is InChI=1S/C16H28N6S.HI/c1-16(2,3)13(23-4)12-20-14(17)21-8-10-22(11-9-21)15-18-6-5-7-19-15;/h5-7,13H,8-12H2,1-4H3,(H2,17,20);1H. The van der Waals surface area contributed by atoms with Crippen molar-refractivity contribution in [1.82, 2.24) is 14.9 Å². The van der Waals surface area contributed by atoms with Gasteiger partial charge in [0.05, 0.1) is 6.54 Å². The van der Waals surface area contributed by atoms with Crippen LogP contribution >= 0.6 is 35.7 Å². The predicted molar refractivity (Wildman–Crippen MR) is 114 cm³/mol. The smallest absolute Gasteiger partial charge is 0.225 e. The number of thioether (sulfide) groups is 1. The average molecular weight is 464 g/mol. The van der Waals surface area contributed by atoms with Gasteiger partial charge >= 0.3 is 0 Å². The fraction of sp³-hybridized carbons (Fsp3) is 0.688. The molecule has 1 aromatic heterocycles. The van der Waals surface area contributed by atoms with E-state index in [1.807, 2.05) is 17.8 Å². The van der Waals surface area contributed by atoms with Crippen LogP contribution in [0.25, 0.3) is 0 Å². The number of nitrogens with two attached hydrogens (primary N) is 1. The minimum Gasteiger partial charge on any atom is -0.370 e. The molecule has 24 heavy (non-hydrogen) atoms. The van der Waals surface area contributed by atoms with E-state index in [1.165, 1.54) is 0 Å². The van der Waals surface area contributed by atoms with Crippen molar-refractivity contribution in [1.29, 1.82) is 0 Å². The van der Waals surface area contributed by atoms with Gasteiger partial charge in [-0.15, -0.1) is 24.0 Å². The van der Waals surface area contributed by atoms with Gasteiger partial charge in [-0.1, -0.05) is 20.8 Å². The molecule has 2 rings (SSSR count). The average Bonchev–Trinajstić information content (AvgIpc) is 2.55. The van der Waals surface area contributed by atoms with Gasteiger partial charge in [0.2, 0.25) is 5.95 Å². The van der Waals surface area contributed by atoms with Crippen LogP contribution in [0.15, 0.2) is 23.5 Å². The summed E-state index contributed by atoms with van der Waals surface area (Å²) in [7, 11) is 0. The Labute approximate surface area is 166 Å². The van der Waals surface area contributed by atoms with Crippen molar-refractivity contribution in [2.24, 2.45) is 16.1 Å². The molecule has 8 heteroatoms. The molecule has 0 saturated carbocycles. The third-order valence-electron chi connectivity index (χ3n) is 4.11. The summed E-state index contributed by atoms with van der Waals surface area (Å²) in [5.41, 5.74) is 6.42. The number of guanidine groups is 1. The van der Waals surface area contributed by atoms with E-state index in [1.54, 1.807) is 12.4 Å². The second-order valence-electron chi connectivity index (χ2n) is 6.81. The maximum atomic E-state index is 6.20. The SMILES string of the molecule is CSC(CN=C(N)N1CCN(c2ncccn2)CC1)C(C)(C)C.I. The van der Waals surface area contributed by atoms with Gasteiger partial charge in [0, 0.05) is 43.8 Å². The Balaban J connectivity index is 0.00000288. The minimum absolute atomic E-state index is 0. The van der Waals surface area contributed by atoms with E-state index in [2.05, 4.69) is 51.8 Å². The first-order chi connectivity index (χ1) is 10.9. The van der Waals surface area contributed by atoms with Gasteiger partial charge in [-0.05, 0) is 17.7 Å². The van der Waals surface area contributed by atoms with Crippen LogP contribution in [0, 0.1) is 5.41 Å². The van der Waals surface area contributed by atoms with Gasteiger partial charge in [0.25, 0.3) is 0 Å². The lowest BCUT2D eigenvalue weighted by atomic mass is 9.92. The van der Waals surface area contributed by atoms with Gasteiger partial charge in [-0.25, -0.2) is 9.97 Å². The molecule has 0 bridgehead atoms. The molecule has 1 aliphatic heterocycles. The van der Waals surface area contributed by atoms with Gasteiger partial charge in [-0.2, -0.15) is 11.8 Å². The lowest BCUT2D eigenvalue weighted by molar-refractivity contribution is 0.372. The number of hydrogen-bond acceptors (Lipinski definition) is 5. The van der Waals surface area contributed by atoms with Crippen molar-refractivity contribution in [3.05, 3.63) is 18.5 Å². The van der Waals surface area contributed by atoms with Crippen molar-refractivity contribution in [2.75, 3.05) is 43.9 Å². The summed E-state index contributed by atoms with van der Waals surface area (Å²) in [6.45, 7) is 10.9. The van der Waals surface area contributed by atoms with E-state index in [4.69, 9.17) is 5.73 Å². The molecule has 6 nitrogen and oxygen atoms in total. The number of rotatable bonds is 4. The summed E-state index contributed by atoms with van der Waals surface area (Å²) in [6, 6.07) is 1.84. The molecule has 1 unspecified atom stereocenters. The zero-order chi connectivity index (χ0) is 16.9. The molecular weight excluding hydrogens is 435 g/mol. The maximum Gasteiger partial charge on any atom is 0.225 e. The molecule has 136 valence electrons. The first-order valence-electron chi connectivity index (χ1n) is 8.01. The van der Waals surface area contributed by atoms with Crippen LogP contribution in [0.5, 0.6) is 0 Å². The second kappa shape index (κ2) is 9.65. The topological polar surface area (TPSA) is 70.6 Å². The molecule has 0 radical (unpaired) electrons. The molecular formula is C16H29IN6S. The maximum absolute atomic E-state index is 6.20. The molecule has 0 spiro atoms. The Hall–Kier alpha value is -0.770. The largest absolute Gasteiger partial charge is 0.370 e. The fourth-order valence-electron chi connectivity index (χ4n) is 2.57. The van der Waals surface area contributed by atoms with E-state index >= 15 is 0 Å². The third kappa shape index (κ3) is 5.94. The summed E-state index contributed by atoms with van der Waals surface area (Å²) in [5.74, 6) is 1.44. The van der Waals surface area contributed by atoms with E-state index in [9.17, 15) is 0 Å². The summed E-state index contributed by atoms with van der Waals surface area (Å²) in [6.07, 6.45) is 5.69. The number of aromatic nitrogens is 2. The number of nitrogens with zero attached hydrogens (tertiary/aromatic N) is 5. The third-order valence-corrected chi connectivity index (χ3v) is 5.53. The normalized spacial score (nSPS) is 17.4. The van der Waals surface area contributed by atoms with Crippen molar-refractivity contribution < 1.29 is 0 Å². The van der Waals surface area contributed by atoms with Crippen LogP contribution in [0.3, 0.4) is 0 Å². The first-order valence-corrected chi connectivity index (χ1v) is 9.30. The molecule has 1 fully saturated rings. The summed E-state index contributed by atoms with van der Waals surface area (Å²) < 4.78 is 0. The van der Waals surface area contributed by atoms with E-state index in [0.29, 0.717) is 11.2 Å². The number of anilines is 1. The molecule has 0 aliphatic carbocycles. The molecule has 0 aromatic carbocycles. The molecule has 1 atom stereocenters. The zero-order valence-corrected chi connectivity index (χ0v) is 18.1. The molecule has 1 aromatic rings. The first kappa shape index (κ1) is 21.3. The highest BCUT2D eigenvalue weighted by Crippen LogP contribution is 2.28. The van der Waals surface area contributed by atoms with E-state index < -0.39 is 0 Å². The molecule has 2 heterocycles. The van der Waals surface area contributed by atoms with Crippen LogP contribution < -0.4 is 10.6 Å². The van der Waals surface area contributed by atoms with Gasteiger partial charge in [-0.3, -0.25) is 4.99 Å². The summed E-state index contributed by atoms with van der Waals surface area (Å²) in [5, 5.41) is 0.472. The van der Waals surface area contributed by atoms with Crippen molar-refractivity contribution >= 4 is 47.6 Å². The lowest BCUT2D eigenvalue weighted by Gasteiger charge is -2.35. The molecule has 1 aliphatic rings. The second-order valence-corrected chi connectivity index (χ2v) is 7.85. The monoisotopic (exact) mass is 464 g/mol. The van der Waals surface area contributed by atoms with Crippen LogP contribution in [0.4, 0.5) is 5.95 Å². The highest BCUT2D eigenvalue weighted by molar-refractivity contribution is 14.0. The predicted octanol–water partition coefficient (Wildman–Crippen LogP) is 2.31. The van der Waals surface area contributed by atoms with Crippen LogP contribution in [-0.4, -0.2) is 65.1 Å². The Morgan fingerprint density at radius 2 is 1.83 bits per heavy atom. The molecule has 2 N–H and O–H groups in total. The molecule has 0 amide bonds. The van der Waals surface area contributed by atoms with Crippen molar-refractivity contribution in [2.45, 2.75) is 26.0 Å². The van der Waals surface area contributed by atoms with E-state index in [-0.39, 0.29) is 29.4 Å². The Bertz CT molecular complexity index is 511. The Kier molecular flexibility index (Phi) is 8.55. The number of piperazine rings is 1. The molecule has 1 saturated heterocycles. The Morgan fingerprint density at radius 1 is 1.25 bits per heavy atom. The number of aliphatic imine (C=N–C) groups is 1. The highest BCUT2D eigenvalue weighted by Gasteiger charge is 2.24. The highest BCUT2D eigenvalue weighted by atomic mass is 127. The lowest BCUT2D eigenvalue weighted by Crippen LogP contribution is -2.51. The van der Waals surface area contributed by atoms with Gasteiger partial charge < -0.3 is 15.5 Å². The van der Waals surface area contributed by atoms with Gasteiger partial charge in [0.15, 0.2) is 5.96 Å². The Morgan fingerprint density at radius 3 is 2.33 bits per heavy atom. The fourth-order valence-corrected chi connectivity index (χ4v) is 3.50. The van der Waals surface area contributed by atoms with E-state index in [0.717, 1.165) is 38.7 Å². The number of halogens is 1. The zero-order valence-electron chi connectivity index (χ0n) is 15.0. The summed E-state index contributed by atoms with van der Waals surface area (Å²) in [4.78, 5) is 17.6. The van der Waals surface area contributed by atoms with Crippen LogP contribution in [-0.2, 0) is 0 Å². The van der Waals surface area contributed by atoms with Crippen molar-refractivity contribution in [3.8, 4) is 0 Å².